The number of ether oxygens (including phenoxy) is 1. The highest BCUT2D eigenvalue weighted by atomic mass is 32.1. The predicted octanol–water partition coefficient (Wildman–Crippen LogP) is 3.52. The number of hydrogen-bond donors (Lipinski definition) is 2. The molecule has 0 amide bonds. The lowest BCUT2D eigenvalue weighted by Gasteiger charge is -2.12. The lowest BCUT2D eigenvalue weighted by Crippen LogP contribution is -2.36. The van der Waals surface area contributed by atoms with Crippen LogP contribution < -0.4 is 15.4 Å². The smallest absolute Gasteiger partial charge is 0.387 e. The molecule has 0 aliphatic carbocycles. The highest BCUT2D eigenvalue weighted by Crippen LogP contribution is 2.16. The van der Waals surface area contributed by atoms with Gasteiger partial charge in [-0.05, 0) is 41.6 Å². The third-order valence-electron chi connectivity index (χ3n) is 3.19. The molecule has 0 aliphatic rings. The average molecular weight is 339 g/mol. The van der Waals surface area contributed by atoms with Crippen LogP contribution in [0.15, 0.2) is 40.7 Å². The van der Waals surface area contributed by atoms with Gasteiger partial charge in [-0.15, -0.1) is 11.3 Å². The van der Waals surface area contributed by atoms with Gasteiger partial charge in [0.1, 0.15) is 5.75 Å². The van der Waals surface area contributed by atoms with Crippen molar-refractivity contribution in [3.63, 3.8) is 0 Å². The third-order valence-corrected chi connectivity index (χ3v) is 4.21. The number of aryl methyl sites for hydroxylation is 1. The minimum Gasteiger partial charge on any atom is -0.435 e. The van der Waals surface area contributed by atoms with E-state index < -0.39 is 6.61 Å². The van der Waals surface area contributed by atoms with E-state index in [1.54, 1.807) is 30.5 Å². The van der Waals surface area contributed by atoms with Crippen molar-refractivity contribution in [2.75, 3.05) is 7.05 Å². The summed E-state index contributed by atoms with van der Waals surface area (Å²) in [5.74, 6) is 0.800. The van der Waals surface area contributed by atoms with Gasteiger partial charge in [0.25, 0.3) is 0 Å². The number of halogens is 2. The van der Waals surface area contributed by atoms with Crippen LogP contribution in [-0.4, -0.2) is 19.6 Å². The number of nitrogens with one attached hydrogen (secondary N) is 2. The fourth-order valence-electron chi connectivity index (χ4n) is 1.99. The Morgan fingerprint density at radius 1 is 1.26 bits per heavy atom. The average Bonchev–Trinajstić information content (AvgIpc) is 2.92. The summed E-state index contributed by atoms with van der Waals surface area (Å²) in [5, 5.41) is 8.43. The molecule has 0 bridgehead atoms. The zero-order chi connectivity index (χ0) is 16.7. The molecular formula is C16H19F2N3OS. The first kappa shape index (κ1) is 17.2. The fraction of sp³-hybridized carbons (Fsp3) is 0.312. The van der Waals surface area contributed by atoms with Crippen molar-refractivity contribution < 1.29 is 13.5 Å². The minimum absolute atomic E-state index is 0.149. The zero-order valence-corrected chi connectivity index (χ0v) is 13.8. The van der Waals surface area contributed by atoms with Crippen LogP contribution in [0.2, 0.25) is 0 Å². The van der Waals surface area contributed by atoms with Crippen molar-refractivity contribution >= 4 is 17.3 Å². The van der Waals surface area contributed by atoms with Gasteiger partial charge in [-0.2, -0.15) is 8.78 Å². The van der Waals surface area contributed by atoms with Crippen LogP contribution >= 0.6 is 11.3 Å². The summed E-state index contributed by atoms with van der Waals surface area (Å²) < 4.78 is 28.8. The highest BCUT2D eigenvalue weighted by molar-refractivity contribution is 7.10. The van der Waals surface area contributed by atoms with Gasteiger partial charge < -0.3 is 15.4 Å². The Hall–Kier alpha value is -2.15. The van der Waals surface area contributed by atoms with Gasteiger partial charge >= 0.3 is 6.61 Å². The van der Waals surface area contributed by atoms with Crippen molar-refractivity contribution in [3.05, 3.63) is 51.7 Å². The van der Waals surface area contributed by atoms with Gasteiger partial charge in [0.05, 0.1) is 6.54 Å². The van der Waals surface area contributed by atoms with E-state index in [2.05, 4.69) is 38.7 Å². The molecule has 0 radical (unpaired) electrons. The number of alkyl halides is 2. The molecule has 1 aromatic carbocycles. The monoisotopic (exact) mass is 339 g/mol. The molecule has 0 aliphatic heterocycles. The molecule has 7 heteroatoms. The molecule has 0 unspecified atom stereocenters. The van der Waals surface area contributed by atoms with E-state index >= 15 is 0 Å². The molecule has 0 atom stereocenters. The summed E-state index contributed by atoms with van der Waals surface area (Å²) >= 11 is 1.69. The van der Waals surface area contributed by atoms with E-state index in [0.717, 1.165) is 5.56 Å². The van der Waals surface area contributed by atoms with Crippen molar-refractivity contribution in [3.8, 4) is 5.75 Å². The summed E-state index contributed by atoms with van der Waals surface area (Å²) in [5.41, 5.74) is 2.08. The number of benzene rings is 1. The summed E-state index contributed by atoms with van der Waals surface area (Å²) in [6.07, 6.45) is 0. The molecule has 2 rings (SSSR count). The van der Waals surface area contributed by atoms with E-state index in [1.165, 1.54) is 16.5 Å². The van der Waals surface area contributed by atoms with Crippen LogP contribution in [-0.2, 0) is 13.1 Å². The fourth-order valence-corrected chi connectivity index (χ4v) is 2.83. The maximum absolute atomic E-state index is 12.2. The first-order chi connectivity index (χ1) is 11.1. The molecule has 2 N–H and O–H groups in total. The molecule has 0 saturated heterocycles. The zero-order valence-electron chi connectivity index (χ0n) is 13.0. The van der Waals surface area contributed by atoms with E-state index in [-0.39, 0.29) is 5.75 Å². The van der Waals surface area contributed by atoms with Crippen LogP contribution in [0.1, 0.15) is 16.0 Å². The van der Waals surface area contributed by atoms with E-state index in [4.69, 9.17) is 0 Å². The molecule has 0 spiro atoms. The SMILES string of the molecule is CN=C(NCc1cccc(OC(F)F)c1)NCc1sccc1C. The Bertz CT molecular complexity index is 658. The van der Waals surface area contributed by atoms with Crippen LogP contribution in [0.4, 0.5) is 8.78 Å². The Balaban J connectivity index is 1.87. The molecule has 1 aromatic heterocycles. The van der Waals surface area contributed by atoms with Gasteiger partial charge in [0, 0.05) is 18.5 Å². The second-order valence-corrected chi connectivity index (χ2v) is 5.83. The topological polar surface area (TPSA) is 45.7 Å². The van der Waals surface area contributed by atoms with Crippen LogP contribution in [0, 0.1) is 6.92 Å². The molecule has 124 valence electrons. The quantitative estimate of drug-likeness (QED) is 0.625. The first-order valence-electron chi connectivity index (χ1n) is 7.09. The number of rotatable bonds is 6. The Morgan fingerprint density at radius 2 is 2.04 bits per heavy atom. The van der Waals surface area contributed by atoms with Gasteiger partial charge in [-0.1, -0.05) is 12.1 Å². The van der Waals surface area contributed by atoms with Gasteiger partial charge in [0.15, 0.2) is 5.96 Å². The predicted molar refractivity (Wildman–Crippen MR) is 89.2 cm³/mol. The van der Waals surface area contributed by atoms with Crippen molar-refractivity contribution in [2.45, 2.75) is 26.6 Å². The molecular weight excluding hydrogens is 320 g/mol. The molecule has 4 nitrogen and oxygen atoms in total. The summed E-state index contributed by atoms with van der Waals surface area (Å²) in [6.45, 7) is 0.404. The normalized spacial score (nSPS) is 11.6. The van der Waals surface area contributed by atoms with Crippen LogP contribution in [0.3, 0.4) is 0 Å². The van der Waals surface area contributed by atoms with Crippen molar-refractivity contribution in [2.24, 2.45) is 4.99 Å². The lowest BCUT2D eigenvalue weighted by atomic mass is 10.2. The van der Waals surface area contributed by atoms with Gasteiger partial charge in [0.2, 0.25) is 0 Å². The number of aliphatic imine (C=N–C) groups is 1. The number of thiophene rings is 1. The number of hydrogen-bond acceptors (Lipinski definition) is 3. The summed E-state index contributed by atoms with van der Waals surface area (Å²) in [4.78, 5) is 5.40. The van der Waals surface area contributed by atoms with E-state index in [1.807, 2.05) is 6.07 Å². The van der Waals surface area contributed by atoms with Crippen LogP contribution in [0.25, 0.3) is 0 Å². The van der Waals surface area contributed by atoms with Gasteiger partial charge in [-0.25, -0.2) is 0 Å². The van der Waals surface area contributed by atoms with Crippen molar-refractivity contribution in [1.29, 1.82) is 0 Å². The first-order valence-corrected chi connectivity index (χ1v) is 7.97. The molecule has 2 aromatic rings. The third kappa shape index (κ3) is 5.52. The molecule has 23 heavy (non-hydrogen) atoms. The lowest BCUT2D eigenvalue weighted by molar-refractivity contribution is -0.0498. The second kappa shape index (κ2) is 8.47. The maximum atomic E-state index is 12.2. The second-order valence-electron chi connectivity index (χ2n) is 4.83. The van der Waals surface area contributed by atoms with Gasteiger partial charge in [-0.3, -0.25) is 4.99 Å². The Labute approximate surface area is 138 Å². The van der Waals surface area contributed by atoms with E-state index in [0.29, 0.717) is 19.0 Å². The van der Waals surface area contributed by atoms with Crippen molar-refractivity contribution in [1.82, 2.24) is 10.6 Å². The number of guanidine groups is 1. The van der Waals surface area contributed by atoms with E-state index in [9.17, 15) is 8.78 Å². The maximum Gasteiger partial charge on any atom is 0.387 e. The molecule has 0 saturated carbocycles. The minimum atomic E-state index is -2.82. The van der Waals surface area contributed by atoms with Crippen LogP contribution in [0.5, 0.6) is 5.75 Å². The number of nitrogens with zero attached hydrogens (tertiary/aromatic N) is 1. The largest absolute Gasteiger partial charge is 0.435 e. The Morgan fingerprint density at radius 3 is 2.70 bits per heavy atom. The Kier molecular flexibility index (Phi) is 6.34. The summed E-state index contributed by atoms with van der Waals surface area (Å²) in [7, 11) is 1.69. The standard InChI is InChI=1S/C16H19F2N3OS/c1-11-6-7-23-14(11)10-21-16(19-2)20-9-12-4-3-5-13(8-12)22-15(17)18/h3-8,15H,9-10H2,1-2H3,(H2,19,20,21). The molecule has 0 fully saturated rings. The molecule has 1 heterocycles. The summed E-state index contributed by atoms with van der Waals surface area (Å²) in [6, 6.07) is 8.67. The highest BCUT2D eigenvalue weighted by Gasteiger charge is 2.06.